The molecule has 2 aromatic carbocycles. The molecule has 0 aliphatic carbocycles. The van der Waals surface area contributed by atoms with Gasteiger partial charge >= 0.3 is 0 Å². The third-order valence-electron chi connectivity index (χ3n) is 4.80. The number of carbonyl (C=O) groups is 2. The molecule has 148 valence electrons. The zero-order chi connectivity index (χ0) is 19.8. The Morgan fingerprint density at radius 2 is 1.71 bits per heavy atom. The van der Waals surface area contributed by atoms with E-state index in [1.54, 1.807) is 4.90 Å². The normalized spacial score (nSPS) is 14.5. The molecule has 0 radical (unpaired) electrons. The number of halogens is 1. The lowest BCUT2D eigenvalue weighted by Gasteiger charge is -2.32. The minimum absolute atomic E-state index is 0.0139. The molecule has 0 saturated carbocycles. The van der Waals surface area contributed by atoms with Crippen molar-refractivity contribution in [2.24, 2.45) is 0 Å². The molecule has 3 rings (SSSR count). The number of amides is 2. The summed E-state index contributed by atoms with van der Waals surface area (Å²) in [6, 6.07) is 15.2. The fourth-order valence-electron chi connectivity index (χ4n) is 3.24. The van der Waals surface area contributed by atoms with Crippen LogP contribution in [-0.4, -0.2) is 42.5 Å². The molecule has 2 aromatic rings. The molecular weight excluding hydrogens is 359 g/mol. The quantitative estimate of drug-likeness (QED) is 0.745. The molecular formula is C22H25FN2O3. The van der Waals surface area contributed by atoms with Gasteiger partial charge in [-0.1, -0.05) is 18.2 Å². The first-order chi connectivity index (χ1) is 13.6. The molecule has 0 aromatic heterocycles. The SMILES string of the molecule is O=C(CCCOc1ccccc1)NC1CCN(C(=O)c2ccc(F)cc2)CC1. The average Bonchev–Trinajstić information content (AvgIpc) is 2.73. The van der Waals surface area contributed by atoms with E-state index in [1.807, 2.05) is 30.3 Å². The number of hydrogen-bond acceptors (Lipinski definition) is 3. The van der Waals surface area contributed by atoms with Gasteiger partial charge in [0, 0.05) is 31.1 Å². The van der Waals surface area contributed by atoms with Gasteiger partial charge in [0.2, 0.25) is 5.91 Å². The Balaban J connectivity index is 1.34. The minimum Gasteiger partial charge on any atom is -0.494 e. The Morgan fingerprint density at radius 1 is 1.04 bits per heavy atom. The van der Waals surface area contributed by atoms with Gasteiger partial charge in [-0.05, 0) is 55.7 Å². The fraction of sp³-hybridized carbons (Fsp3) is 0.364. The standard InChI is InChI=1S/C22H25FN2O3/c23-18-10-8-17(9-11-18)22(27)25-14-12-19(13-15-25)24-21(26)7-4-16-28-20-5-2-1-3-6-20/h1-3,5-6,8-11,19H,4,7,12-16H2,(H,24,26). The van der Waals surface area contributed by atoms with Gasteiger partial charge in [0.25, 0.3) is 5.91 Å². The van der Waals surface area contributed by atoms with Gasteiger partial charge in [-0.15, -0.1) is 0 Å². The molecule has 28 heavy (non-hydrogen) atoms. The van der Waals surface area contributed by atoms with Crippen LogP contribution in [0, 0.1) is 5.82 Å². The third-order valence-corrected chi connectivity index (χ3v) is 4.80. The summed E-state index contributed by atoms with van der Waals surface area (Å²) in [6.45, 7) is 1.67. The number of ether oxygens (including phenoxy) is 1. The van der Waals surface area contributed by atoms with Gasteiger partial charge in [-0.2, -0.15) is 0 Å². The lowest BCUT2D eigenvalue weighted by Crippen LogP contribution is -2.46. The topological polar surface area (TPSA) is 58.6 Å². The van der Waals surface area contributed by atoms with Gasteiger partial charge in [-0.25, -0.2) is 4.39 Å². The minimum atomic E-state index is -0.355. The highest BCUT2D eigenvalue weighted by atomic mass is 19.1. The van der Waals surface area contributed by atoms with Gasteiger partial charge in [-0.3, -0.25) is 9.59 Å². The molecule has 0 bridgehead atoms. The van der Waals surface area contributed by atoms with Crippen LogP contribution in [0.5, 0.6) is 5.75 Å². The lowest BCUT2D eigenvalue weighted by atomic mass is 10.0. The highest BCUT2D eigenvalue weighted by molar-refractivity contribution is 5.94. The van der Waals surface area contributed by atoms with Crippen molar-refractivity contribution in [1.29, 1.82) is 0 Å². The highest BCUT2D eigenvalue weighted by Crippen LogP contribution is 2.15. The monoisotopic (exact) mass is 384 g/mol. The molecule has 1 aliphatic rings. The second kappa shape index (κ2) is 9.88. The van der Waals surface area contributed by atoms with E-state index in [0.29, 0.717) is 38.1 Å². The Morgan fingerprint density at radius 3 is 2.39 bits per heavy atom. The largest absolute Gasteiger partial charge is 0.494 e. The summed E-state index contributed by atoms with van der Waals surface area (Å²) in [6.07, 6.45) is 2.52. The molecule has 5 nitrogen and oxygen atoms in total. The Kier molecular flexibility index (Phi) is 7.00. The summed E-state index contributed by atoms with van der Waals surface area (Å²) < 4.78 is 18.6. The summed E-state index contributed by atoms with van der Waals surface area (Å²) in [5, 5.41) is 3.04. The summed E-state index contributed by atoms with van der Waals surface area (Å²) >= 11 is 0. The first kappa shape index (κ1) is 19.9. The van der Waals surface area contributed by atoms with Crippen LogP contribution in [0.4, 0.5) is 4.39 Å². The molecule has 1 N–H and O–H groups in total. The van der Waals surface area contributed by atoms with Gasteiger partial charge in [0.05, 0.1) is 6.61 Å². The maximum Gasteiger partial charge on any atom is 0.253 e. The number of carbonyl (C=O) groups excluding carboxylic acids is 2. The van der Waals surface area contributed by atoms with Gasteiger partial charge in [0.15, 0.2) is 0 Å². The zero-order valence-corrected chi connectivity index (χ0v) is 15.8. The number of nitrogens with zero attached hydrogens (tertiary/aromatic N) is 1. The van der Waals surface area contributed by atoms with Crippen LogP contribution < -0.4 is 10.1 Å². The first-order valence-electron chi connectivity index (χ1n) is 9.64. The molecule has 1 saturated heterocycles. The van der Waals surface area contributed by atoms with E-state index >= 15 is 0 Å². The Labute approximate surface area is 164 Å². The van der Waals surface area contributed by atoms with Crippen molar-refractivity contribution in [1.82, 2.24) is 10.2 Å². The molecule has 1 aliphatic heterocycles. The first-order valence-corrected chi connectivity index (χ1v) is 9.64. The third kappa shape index (κ3) is 5.81. The number of benzene rings is 2. The fourth-order valence-corrected chi connectivity index (χ4v) is 3.24. The predicted molar refractivity (Wildman–Crippen MR) is 105 cm³/mol. The molecule has 0 atom stereocenters. The zero-order valence-electron chi connectivity index (χ0n) is 15.8. The molecule has 1 fully saturated rings. The van der Waals surface area contributed by atoms with Crippen LogP contribution in [0.15, 0.2) is 54.6 Å². The molecule has 0 unspecified atom stereocenters. The van der Waals surface area contributed by atoms with Crippen molar-refractivity contribution in [3.63, 3.8) is 0 Å². The predicted octanol–water partition coefficient (Wildman–Crippen LogP) is 3.41. The van der Waals surface area contributed by atoms with Crippen molar-refractivity contribution in [2.75, 3.05) is 19.7 Å². The van der Waals surface area contributed by atoms with Crippen LogP contribution in [0.3, 0.4) is 0 Å². The Bertz CT molecular complexity index is 772. The number of piperidine rings is 1. The van der Waals surface area contributed by atoms with E-state index in [2.05, 4.69) is 5.32 Å². The van der Waals surface area contributed by atoms with Crippen molar-refractivity contribution in [3.8, 4) is 5.75 Å². The number of likely N-dealkylation sites (tertiary alicyclic amines) is 1. The summed E-state index contributed by atoms with van der Waals surface area (Å²) in [4.78, 5) is 26.3. The summed E-state index contributed by atoms with van der Waals surface area (Å²) in [5.41, 5.74) is 0.488. The van der Waals surface area contributed by atoms with Crippen LogP contribution in [0.1, 0.15) is 36.0 Å². The number of rotatable bonds is 7. The molecule has 0 spiro atoms. The van der Waals surface area contributed by atoms with Crippen molar-refractivity contribution in [2.45, 2.75) is 31.7 Å². The highest BCUT2D eigenvalue weighted by Gasteiger charge is 2.24. The van der Waals surface area contributed by atoms with Crippen molar-refractivity contribution < 1.29 is 18.7 Å². The van der Waals surface area contributed by atoms with Crippen LogP contribution in [0.2, 0.25) is 0 Å². The Hall–Kier alpha value is -2.89. The van der Waals surface area contributed by atoms with Crippen LogP contribution in [0.25, 0.3) is 0 Å². The van der Waals surface area contributed by atoms with E-state index in [0.717, 1.165) is 18.6 Å². The van der Waals surface area contributed by atoms with Crippen molar-refractivity contribution >= 4 is 11.8 Å². The van der Waals surface area contributed by atoms with Crippen LogP contribution >= 0.6 is 0 Å². The molecule has 1 heterocycles. The average molecular weight is 384 g/mol. The van der Waals surface area contributed by atoms with E-state index < -0.39 is 0 Å². The maximum absolute atomic E-state index is 13.0. The number of para-hydroxylation sites is 1. The molecule has 2 amide bonds. The van der Waals surface area contributed by atoms with Gasteiger partial charge in [0.1, 0.15) is 11.6 Å². The summed E-state index contributed by atoms with van der Waals surface area (Å²) in [7, 11) is 0. The van der Waals surface area contributed by atoms with E-state index in [9.17, 15) is 14.0 Å². The smallest absolute Gasteiger partial charge is 0.253 e. The summed E-state index contributed by atoms with van der Waals surface area (Å²) in [5.74, 6) is 0.371. The van der Waals surface area contributed by atoms with E-state index in [4.69, 9.17) is 4.74 Å². The second-order valence-corrected chi connectivity index (χ2v) is 6.91. The maximum atomic E-state index is 13.0. The van der Waals surface area contributed by atoms with Gasteiger partial charge < -0.3 is 15.0 Å². The second-order valence-electron chi connectivity index (χ2n) is 6.91. The number of hydrogen-bond donors (Lipinski definition) is 1. The van der Waals surface area contributed by atoms with E-state index in [1.165, 1.54) is 24.3 Å². The lowest BCUT2D eigenvalue weighted by molar-refractivity contribution is -0.122. The van der Waals surface area contributed by atoms with E-state index in [-0.39, 0.29) is 23.7 Å². The van der Waals surface area contributed by atoms with Crippen LogP contribution in [-0.2, 0) is 4.79 Å². The molecule has 6 heteroatoms. The number of nitrogens with one attached hydrogen (secondary N) is 1. The van der Waals surface area contributed by atoms with Crippen molar-refractivity contribution in [3.05, 3.63) is 66.0 Å².